The Morgan fingerprint density at radius 2 is 1.95 bits per heavy atom. The summed E-state index contributed by atoms with van der Waals surface area (Å²) in [6, 6.07) is 9.28. The number of halogens is 2. The van der Waals surface area contributed by atoms with Crippen LogP contribution in [0, 0.1) is 11.6 Å². The lowest BCUT2D eigenvalue weighted by Gasteiger charge is -2.07. The second-order valence-corrected chi connectivity index (χ2v) is 4.33. The standard InChI is InChI=1S/C15H13F2N3O2/c16-12-4-3-11(14(17)7-12)9-22-13-5-1-10(2-6-13)8-19-20-15(18)21/h1-8H,9H2,(H3,18,20,21). The van der Waals surface area contributed by atoms with E-state index in [1.165, 1.54) is 18.3 Å². The van der Waals surface area contributed by atoms with Crippen molar-refractivity contribution in [3.05, 3.63) is 65.2 Å². The highest BCUT2D eigenvalue weighted by Gasteiger charge is 2.04. The molecule has 2 aromatic rings. The SMILES string of the molecule is NC(=O)NN=Cc1ccc(OCc2ccc(F)cc2F)cc1. The number of ether oxygens (including phenoxy) is 1. The Hall–Kier alpha value is -2.96. The Bertz CT molecular complexity index is 688. The van der Waals surface area contributed by atoms with Gasteiger partial charge in [-0.05, 0) is 42.0 Å². The molecule has 0 radical (unpaired) electrons. The molecule has 0 aliphatic rings. The number of amides is 2. The predicted octanol–water partition coefficient (Wildman–Crippen LogP) is 2.55. The Balaban J connectivity index is 1.93. The van der Waals surface area contributed by atoms with Crippen molar-refractivity contribution in [3.63, 3.8) is 0 Å². The minimum absolute atomic E-state index is 0.0111. The molecule has 0 aromatic heterocycles. The van der Waals surface area contributed by atoms with Crippen molar-refractivity contribution in [2.75, 3.05) is 0 Å². The van der Waals surface area contributed by atoms with Crippen molar-refractivity contribution in [2.24, 2.45) is 10.8 Å². The van der Waals surface area contributed by atoms with Crippen LogP contribution in [0.5, 0.6) is 5.75 Å². The minimum Gasteiger partial charge on any atom is -0.489 e. The lowest BCUT2D eigenvalue weighted by atomic mass is 10.2. The second-order valence-electron chi connectivity index (χ2n) is 4.33. The molecule has 2 rings (SSSR count). The van der Waals surface area contributed by atoms with Crippen LogP contribution >= 0.6 is 0 Å². The van der Waals surface area contributed by atoms with E-state index >= 15 is 0 Å². The second kappa shape index (κ2) is 7.16. The molecule has 0 saturated heterocycles. The summed E-state index contributed by atoms with van der Waals surface area (Å²) in [6.45, 7) is -0.0111. The van der Waals surface area contributed by atoms with E-state index in [1.54, 1.807) is 24.3 Å². The van der Waals surface area contributed by atoms with Crippen molar-refractivity contribution < 1.29 is 18.3 Å². The zero-order valence-electron chi connectivity index (χ0n) is 11.4. The molecule has 0 bridgehead atoms. The van der Waals surface area contributed by atoms with Gasteiger partial charge in [0.15, 0.2) is 0 Å². The smallest absolute Gasteiger partial charge is 0.332 e. The first kappa shape index (κ1) is 15.4. The highest BCUT2D eigenvalue weighted by molar-refractivity contribution is 5.81. The number of hydrogen-bond acceptors (Lipinski definition) is 3. The van der Waals surface area contributed by atoms with Gasteiger partial charge in [-0.2, -0.15) is 5.10 Å². The first-order valence-corrected chi connectivity index (χ1v) is 6.30. The van der Waals surface area contributed by atoms with E-state index in [0.29, 0.717) is 11.3 Å². The van der Waals surface area contributed by atoms with Gasteiger partial charge in [0.25, 0.3) is 0 Å². The summed E-state index contributed by atoms with van der Waals surface area (Å²) in [5.41, 5.74) is 7.91. The van der Waals surface area contributed by atoms with Crippen LogP contribution in [0.15, 0.2) is 47.6 Å². The number of hydrazone groups is 1. The largest absolute Gasteiger partial charge is 0.489 e. The monoisotopic (exact) mass is 305 g/mol. The van der Waals surface area contributed by atoms with E-state index in [-0.39, 0.29) is 12.2 Å². The quantitative estimate of drug-likeness (QED) is 0.658. The van der Waals surface area contributed by atoms with E-state index < -0.39 is 17.7 Å². The molecule has 0 spiro atoms. The Morgan fingerprint density at radius 3 is 2.59 bits per heavy atom. The summed E-state index contributed by atoms with van der Waals surface area (Å²) in [7, 11) is 0. The Morgan fingerprint density at radius 1 is 1.23 bits per heavy atom. The van der Waals surface area contributed by atoms with Crippen LogP contribution in [0.1, 0.15) is 11.1 Å². The average Bonchev–Trinajstić information content (AvgIpc) is 2.47. The minimum atomic E-state index is -0.752. The number of nitrogens with one attached hydrogen (secondary N) is 1. The third-order valence-corrected chi connectivity index (χ3v) is 2.68. The number of hydrogen-bond donors (Lipinski definition) is 2. The zero-order valence-corrected chi connectivity index (χ0v) is 11.4. The molecule has 0 unspecified atom stereocenters. The van der Waals surface area contributed by atoms with Gasteiger partial charge in [0.05, 0.1) is 6.21 Å². The van der Waals surface area contributed by atoms with Gasteiger partial charge in [0, 0.05) is 11.6 Å². The average molecular weight is 305 g/mol. The van der Waals surface area contributed by atoms with Gasteiger partial charge in [-0.1, -0.05) is 0 Å². The van der Waals surface area contributed by atoms with Crippen LogP contribution in [-0.4, -0.2) is 12.2 Å². The maximum Gasteiger partial charge on any atom is 0.332 e. The molecule has 0 atom stereocenters. The fraction of sp³-hybridized carbons (Fsp3) is 0.0667. The molecule has 0 heterocycles. The van der Waals surface area contributed by atoms with Crippen molar-refractivity contribution in [1.29, 1.82) is 0 Å². The summed E-state index contributed by atoms with van der Waals surface area (Å²) < 4.78 is 31.6. The lowest BCUT2D eigenvalue weighted by Crippen LogP contribution is -2.24. The summed E-state index contributed by atoms with van der Waals surface area (Å²) in [5.74, 6) is -0.764. The number of benzene rings is 2. The van der Waals surface area contributed by atoms with Gasteiger partial charge >= 0.3 is 6.03 Å². The van der Waals surface area contributed by atoms with Gasteiger partial charge < -0.3 is 10.5 Å². The van der Waals surface area contributed by atoms with Crippen LogP contribution in [0.4, 0.5) is 13.6 Å². The fourth-order valence-corrected chi connectivity index (χ4v) is 1.62. The van der Waals surface area contributed by atoms with Gasteiger partial charge in [0.2, 0.25) is 0 Å². The first-order chi connectivity index (χ1) is 10.5. The van der Waals surface area contributed by atoms with Gasteiger partial charge in [-0.25, -0.2) is 19.0 Å². The van der Waals surface area contributed by atoms with Crippen molar-refractivity contribution in [2.45, 2.75) is 6.61 Å². The molecule has 114 valence electrons. The number of nitrogens with two attached hydrogens (primary N) is 1. The molecule has 2 aromatic carbocycles. The van der Waals surface area contributed by atoms with E-state index in [1.807, 2.05) is 0 Å². The molecule has 0 fully saturated rings. The van der Waals surface area contributed by atoms with Gasteiger partial charge in [-0.3, -0.25) is 0 Å². The molecule has 3 N–H and O–H groups in total. The molecule has 5 nitrogen and oxygen atoms in total. The molecule has 22 heavy (non-hydrogen) atoms. The van der Waals surface area contributed by atoms with Crippen LogP contribution in [-0.2, 0) is 6.61 Å². The maximum atomic E-state index is 13.4. The molecule has 2 amide bonds. The number of carbonyl (C=O) groups excluding carboxylic acids is 1. The number of primary amides is 1. The van der Waals surface area contributed by atoms with Crippen LogP contribution in [0.3, 0.4) is 0 Å². The predicted molar refractivity (Wildman–Crippen MR) is 77.4 cm³/mol. The number of urea groups is 1. The highest BCUT2D eigenvalue weighted by Crippen LogP contribution is 2.15. The maximum absolute atomic E-state index is 13.4. The van der Waals surface area contributed by atoms with Crippen molar-refractivity contribution >= 4 is 12.2 Å². The normalized spacial score (nSPS) is 10.6. The van der Waals surface area contributed by atoms with Crippen LogP contribution < -0.4 is 15.9 Å². The molecule has 0 aliphatic carbocycles. The third-order valence-electron chi connectivity index (χ3n) is 2.68. The Kier molecular flexibility index (Phi) is 5.02. The van der Waals surface area contributed by atoms with E-state index in [2.05, 4.69) is 10.5 Å². The van der Waals surface area contributed by atoms with E-state index in [4.69, 9.17) is 10.5 Å². The summed E-state index contributed by atoms with van der Waals surface area (Å²) >= 11 is 0. The van der Waals surface area contributed by atoms with Crippen LogP contribution in [0.2, 0.25) is 0 Å². The van der Waals surface area contributed by atoms with Gasteiger partial charge in [0.1, 0.15) is 24.0 Å². The molecule has 0 aliphatic heterocycles. The van der Waals surface area contributed by atoms with Crippen LogP contribution in [0.25, 0.3) is 0 Å². The van der Waals surface area contributed by atoms with Crippen molar-refractivity contribution in [3.8, 4) is 5.75 Å². The van der Waals surface area contributed by atoms with E-state index in [0.717, 1.165) is 6.07 Å². The first-order valence-electron chi connectivity index (χ1n) is 6.30. The van der Waals surface area contributed by atoms with Crippen molar-refractivity contribution in [1.82, 2.24) is 5.43 Å². The fourth-order valence-electron chi connectivity index (χ4n) is 1.62. The van der Waals surface area contributed by atoms with Gasteiger partial charge in [-0.15, -0.1) is 0 Å². The topological polar surface area (TPSA) is 76.7 Å². The third kappa shape index (κ3) is 4.55. The summed E-state index contributed by atoms with van der Waals surface area (Å²) in [5, 5.41) is 3.61. The molecular formula is C15H13F2N3O2. The highest BCUT2D eigenvalue weighted by atomic mass is 19.1. The number of rotatable bonds is 5. The number of nitrogens with zero attached hydrogens (tertiary/aromatic N) is 1. The Labute approximate surface area is 125 Å². The van der Waals surface area contributed by atoms with E-state index in [9.17, 15) is 13.6 Å². The molecule has 0 saturated carbocycles. The zero-order chi connectivity index (χ0) is 15.9. The summed E-state index contributed by atoms with van der Waals surface area (Å²) in [6.07, 6.45) is 1.41. The molecular weight excluding hydrogens is 292 g/mol. The summed E-state index contributed by atoms with van der Waals surface area (Å²) in [4.78, 5) is 10.4. The molecule has 7 heteroatoms. The lowest BCUT2D eigenvalue weighted by molar-refractivity contribution is 0.249. The number of carbonyl (C=O) groups is 1.